The first-order valence-corrected chi connectivity index (χ1v) is 5.37. The number of carboxylic acids is 1. The average Bonchev–Trinajstić information content (AvgIpc) is 2.37. The summed E-state index contributed by atoms with van der Waals surface area (Å²) >= 11 is 0. The van der Waals surface area contributed by atoms with E-state index in [1.54, 1.807) is 12.3 Å². The molecule has 0 amide bonds. The van der Waals surface area contributed by atoms with E-state index in [9.17, 15) is 4.79 Å². The van der Waals surface area contributed by atoms with Crippen molar-refractivity contribution in [2.45, 2.75) is 13.5 Å². The Hall–Kier alpha value is -2.50. The second-order valence-corrected chi connectivity index (χ2v) is 3.69. The van der Waals surface area contributed by atoms with Crippen LogP contribution in [0.25, 0.3) is 0 Å². The van der Waals surface area contributed by atoms with E-state index >= 15 is 0 Å². The Balaban J connectivity index is 2.00. The summed E-state index contributed by atoms with van der Waals surface area (Å²) in [4.78, 5) is 22.9. The van der Waals surface area contributed by atoms with Gasteiger partial charge in [0.05, 0.1) is 17.8 Å². The Morgan fingerprint density at radius 2 is 2.17 bits per heavy atom. The molecule has 6 heteroatoms. The first-order chi connectivity index (χ1) is 8.65. The number of carbonyl (C=O) groups is 1. The molecule has 0 atom stereocenters. The van der Waals surface area contributed by atoms with Crippen molar-refractivity contribution in [2.75, 3.05) is 5.32 Å². The van der Waals surface area contributed by atoms with Crippen molar-refractivity contribution in [3.63, 3.8) is 0 Å². The Bertz CT molecular complexity index is 554. The van der Waals surface area contributed by atoms with Crippen molar-refractivity contribution in [3.8, 4) is 0 Å². The van der Waals surface area contributed by atoms with Crippen molar-refractivity contribution in [1.29, 1.82) is 0 Å². The van der Waals surface area contributed by atoms with Crippen LogP contribution in [-0.2, 0) is 6.54 Å². The predicted molar refractivity (Wildman–Crippen MR) is 65.3 cm³/mol. The van der Waals surface area contributed by atoms with Gasteiger partial charge < -0.3 is 10.4 Å². The number of nitrogens with one attached hydrogen (secondary N) is 1. The standard InChI is InChI=1S/C12H12N4O2/c1-8-13-5-4-10(16-8)7-15-11-3-2-9(6-14-11)12(17)18/h2-6H,7H2,1H3,(H,14,15)(H,17,18). The van der Waals surface area contributed by atoms with Crippen molar-refractivity contribution < 1.29 is 9.90 Å². The van der Waals surface area contributed by atoms with Crippen molar-refractivity contribution in [2.24, 2.45) is 0 Å². The van der Waals surface area contributed by atoms with E-state index in [0.29, 0.717) is 18.2 Å². The summed E-state index contributed by atoms with van der Waals surface area (Å²) in [6.07, 6.45) is 3.01. The molecule has 0 radical (unpaired) electrons. The fourth-order valence-corrected chi connectivity index (χ4v) is 1.41. The molecule has 6 nitrogen and oxygen atoms in total. The molecule has 2 heterocycles. The maximum absolute atomic E-state index is 10.7. The smallest absolute Gasteiger partial charge is 0.337 e. The van der Waals surface area contributed by atoms with E-state index in [0.717, 1.165) is 5.69 Å². The highest BCUT2D eigenvalue weighted by Crippen LogP contribution is 2.06. The first kappa shape index (κ1) is 12.0. The lowest BCUT2D eigenvalue weighted by molar-refractivity contribution is 0.0696. The highest BCUT2D eigenvalue weighted by Gasteiger charge is 2.03. The molecule has 2 aromatic heterocycles. The molecule has 0 fully saturated rings. The summed E-state index contributed by atoms with van der Waals surface area (Å²) in [6, 6.07) is 4.94. The van der Waals surface area contributed by atoms with Crippen LogP contribution in [0.4, 0.5) is 5.82 Å². The fraction of sp³-hybridized carbons (Fsp3) is 0.167. The number of hydrogen-bond acceptors (Lipinski definition) is 5. The van der Waals surface area contributed by atoms with Gasteiger partial charge in [0.25, 0.3) is 0 Å². The molecule has 18 heavy (non-hydrogen) atoms. The second-order valence-electron chi connectivity index (χ2n) is 3.69. The lowest BCUT2D eigenvalue weighted by Gasteiger charge is -2.05. The van der Waals surface area contributed by atoms with Gasteiger partial charge in [-0.1, -0.05) is 0 Å². The Kier molecular flexibility index (Phi) is 3.47. The monoisotopic (exact) mass is 244 g/mol. The van der Waals surface area contributed by atoms with Gasteiger partial charge in [-0.2, -0.15) is 0 Å². The van der Waals surface area contributed by atoms with Gasteiger partial charge in [0, 0.05) is 12.4 Å². The molecule has 0 aliphatic carbocycles. The molecule has 0 saturated heterocycles. The molecule has 0 saturated carbocycles. The number of carboxylic acid groups (broad SMARTS) is 1. The maximum Gasteiger partial charge on any atom is 0.337 e. The van der Waals surface area contributed by atoms with Gasteiger partial charge in [0.15, 0.2) is 0 Å². The van der Waals surface area contributed by atoms with Crippen molar-refractivity contribution in [1.82, 2.24) is 15.0 Å². The van der Waals surface area contributed by atoms with E-state index in [4.69, 9.17) is 5.11 Å². The van der Waals surface area contributed by atoms with Gasteiger partial charge in [-0.05, 0) is 25.1 Å². The largest absolute Gasteiger partial charge is 0.478 e. The summed E-state index contributed by atoms with van der Waals surface area (Å²) in [5.74, 6) is 0.334. The molecule has 0 aromatic carbocycles. The van der Waals surface area contributed by atoms with Crippen LogP contribution in [0.2, 0.25) is 0 Å². The Labute approximate surface area is 104 Å². The molecule has 0 unspecified atom stereocenters. The van der Waals surface area contributed by atoms with Crippen LogP contribution >= 0.6 is 0 Å². The highest BCUT2D eigenvalue weighted by molar-refractivity contribution is 5.87. The van der Waals surface area contributed by atoms with E-state index in [1.165, 1.54) is 12.3 Å². The number of aromatic carboxylic acids is 1. The van der Waals surface area contributed by atoms with Crippen LogP contribution < -0.4 is 5.32 Å². The van der Waals surface area contributed by atoms with Gasteiger partial charge in [-0.15, -0.1) is 0 Å². The number of aryl methyl sites for hydroxylation is 1. The molecular weight excluding hydrogens is 232 g/mol. The molecule has 0 aliphatic rings. The van der Waals surface area contributed by atoms with Crippen LogP contribution in [-0.4, -0.2) is 26.0 Å². The van der Waals surface area contributed by atoms with E-state index in [-0.39, 0.29) is 5.56 Å². The molecule has 0 bridgehead atoms. The third kappa shape index (κ3) is 3.00. The van der Waals surface area contributed by atoms with Gasteiger partial charge in [0.2, 0.25) is 0 Å². The highest BCUT2D eigenvalue weighted by atomic mass is 16.4. The van der Waals surface area contributed by atoms with Crippen LogP contribution in [0.1, 0.15) is 21.9 Å². The summed E-state index contributed by atoms with van der Waals surface area (Å²) in [7, 11) is 0. The minimum atomic E-state index is -0.986. The van der Waals surface area contributed by atoms with Gasteiger partial charge in [-0.3, -0.25) is 0 Å². The average molecular weight is 244 g/mol. The molecule has 2 N–H and O–H groups in total. The maximum atomic E-state index is 10.7. The second kappa shape index (κ2) is 5.22. The van der Waals surface area contributed by atoms with Gasteiger partial charge in [0.1, 0.15) is 11.6 Å². The molecule has 2 aromatic rings. The minimum absolute atomic E-state index is 0.165. The number of aromatic nitrogens is 3. The lowest BCUT2D eigenvalue weighted by atomic mass is 10.3. The number of anilines is 1. The van der Waals surface area contributed by atoms with Crippen LogP contribution in [0, 0.1) is 6.92 Å². The Morgan fingerprint density at radius 1 is 1.33 bits per heavy atom. The quantitative estimate of drug-likeness (QED) is 0.847. The number of nitrogens with zero attached hydrogens (tertiary/aromatic N) is 3. The van der Waals surface area contributed by atoms with Crippen molar-refractivity contribution in [3.05, 3.63) is 47.7 Å². The predicted octanol–water partition coefficient (Wildman–Crippen LogP) is 1.49. The zero-order valence-electron chi connectivity index (χ0n) is 9.79. The molecule has 0 spiro atoms. The number of rotatable bonds is 4. The molecule has 0 aliphatic heterocycles. The van der Waals surface area contributed by atoms with E-state index < -0.39 is 5.97 Å². The number of pyridine rings is 1. The number of hydrogen-bond donors (Lipinski definition) is 2. The summed E-state index contributed by atoms with van der Waals surface area (Å²) in [5, 5.41) is 11.8. The zero-order valence-corrected chi connectivity index (χ0v) is 9.79. The molecular formula is C12H12N4O2. The summed E-state index contributed by atoms with van der Waals surface area (Å²) in [6.45, 7) is 2.34. The normalized spacial score (nSPS) is 10.1. The summed E-state index contributed by atoms with van der Waals surface area (Å²) in [5.41, 5.74) is 1.02. The lowest BCUT2D eigenvalue weighted by Crippen LogP contribution is -2.05. The fourth-order valence-electron chi connectivity index (χ4n) is 1.41. The van der Waals surface area contributed by atoms with Crippen LogP contribution in [0.5, 0.6) is 0 Å². The van der Waals surface area contributed by atoms with Crippen LogP contribution in [0.15, 0.2) is 30.6 Å². The Morgan fingerprint density at radius 3 is 2.78 bits per heavy atom. The van der Waals surface area contributed by atoms with E-state index in [1.807, 2.05) is 13.0 Å². The zero-order chi connectivity index (χ0) is 13.0. The van der Waals surface area contributed by atoms with Gasteiger partial charge >= 0.3 is 5.97 Å². The molecule has 2 rings (SSSR count). The van der Waals surface area contributed by atoms with Gasteiger partial charge in [-0.25, -0.2) is 19.7 Å². The summed E-state index contributed by atoms with van der Waals surface area (Å²) < 4.78 is 0. The third-order valence-electron chi connectivity index (χ3n) is 2.29. The van der Waals surface area contributed by atoms with Crippen molar-refractivity contribution >= 4 is 11.8 Å². The minimum Gasteiger partial charge on any atom is -0.478 e. The first-order valence-electron chi connectivity index (χ1n) is 5.37. The topological polar surface area (TPSA) is 88.0 Å². The van der Waals surface area contributed by atoms with Crippen LogP contribution in [0.3, 0.4) is 0 Å². The molecule has 92 valence electrons. The third-order valence-corrected chi connectivity index (χ3v) is 2.29. The van der Waals surface area contributed by atoms with E-state index in [2.05, 4.69) is 20.3 Å². The SMILES string of the molecule is Cc1nccc(CNc2ccc(C(=O)O)cn2)n1.